The van der Waals surface area contributed by atoms with Crippen molar-refractivity contribution in [2.75, 3.05) is 0 Å². The van der Waals surface area contributed by atoms with E-state index in [1.54, 1.807) is 6.07 Å². The highest BCUT2D eigenvalue weighted by Gasteiger charge is 2.08. The predicted molar refractivity (Wildman–Crippen MR) is 55.6 cm³/mol. The van der Waals surface area contributed by atoms with Crippen LogP contribution in [0.1, 0.15) is 0 Å². The van der Waals surface area contributed by atoms with Crippen LogP contribution >= 0.6 is 11.3 Å². The van der Waals surface area contributed by atoms with Crippen LogP contribution in [0.4, 0.5) is 0 Å². The third kappa shape index (κ3) is 1.24. The highest BCUT2D eigenvalue weighted by atomic mass is 32.1. The van der Waals surface area contributed by atoms with Crippen LogP contribution in [-0.4, -0.2) is 25.1 Å². The molecule has 0 aliphatic heterocycles. The largest absolute Gasteiger partial charge is 0.303 e. The van der Waals surface area contributed by atoms with Crippen molar-refractivity contribution < 1.29 is 0 Å². The van der Waals surface area contributed by atoms with E-state index >= 15 is 0 Å². The van der Waals surface area contributed by atoms with Crippen LogP contribution < -0.4 is 5.56 Å². The van der Waals surface area contributed by atoms with Crippen molar-refractivity contribution in [2.24, 2.45) is 0 Å². The Labute approximate surface area is 87.0 Å². The number of aromatic amines is 2. The summed E-state index contributed by atoms with van der Waals surface area (Å²) in [6.07, 6.45) is 1.37. The molecular weight excluding hydrogens is 214 g/mol. The summed E-state index contributed by atoms with van der Waals surface area (Å²) in [6.45, 7) is 0. The monoisotopic (exact) mass is 219 g/mol. The second kappa shape index (κ2) is 2.99. The van der Waals surface area contributed by atoms with E-state index < -0.39 is 0 Å². The fourth-order valence-corrected chi connectivity index (χ4v) is 2.03. The number of aromatic nitrogens is 5. The van der Waals surface area contributed by atoms with Gasteiger partial charge in [0, 0.05) is 0 Å². The first kappa shape index (κ1) is 8.30. The van der Waals surface area contributed by atoms with Crippen molar-refractivity contribution in [3.05, 3.63) is 28.1 Å². The van der Waals surface area contributed by atoms with Gasteiger partial charge in [0.1, 0.15) is 11.0 Å². The summed E-state index contributed by atoms with van der Waals surface area (Å²) in [7, 11) is 0. The summed E-state index contributed by atoms with van der Waals surface area (Å²) in [5.74, 6) is 0.864. The van der Waals surface area contributed by atoms with Gasteiger partial charge in [0.2, 0.25) is 0 Å². The van der Waals surface area contributed by atoms with Gasteiger partial charge in [0.05, 0.1) is 5.52 Å². The van der Waals surface area contributed by atoms with Crippen molar-refractivity contribution in [1.29, 1.82) is 0 Å². The average molecular weight is 219 g/mol. The average Bonchev–Trinajstić information content (AvgIpc) is 2.88. The van der Waals surface area contributed by atoms with Crippen molar-refractivity contribution >= 4 is 21.6 Å². The topological polar surface area (TPSA) is 87.3 Å². The lowest BCUT2D eigenvalue weighted by Crippen LogP contribution is -2.08. The first-order valence-electron chi connectivity index (χ1n) is 4.18. The Morgan fingerprint density at radius 1 is 1.33 bits per heavy atom. The molecule has 2 N–H and O–H groups in total. The van der Waals surface area contributed by atoms with Gasteiger partial charge in [0.25, 0.3) is 5.56 Å². The Hall–Kier alpha value is -2.02. The lowest BCUT2D eigenvalue weighted by atomic mass is 10.4. The zero-order chi connectivity index (χ0) is 10.3. The minimum absolute atomic E-state index is 0.151. The van der Waals surface area contributed by atoms with E-state index in [2.05, 4.69) is 25.1 Å². The summed E-state index contributed by atoms with van der Waals surface area (Å²) in [6, 6.07) is 1.80. The maximum atomic E-state index is 11.6. The van der Waals surface area contributed by atoms with Gasteiger partial charge in [-0.2, -0.15) is 5.10 Å². The SMILES string of the molecule is O=c1[nH]c(-c2ncn[nH]2)nc2ccsc12. The van der Waals surface area contributed by atoms with E-state index in [0.717, 1.165) is 0 Å². The van der Waals surface area contributed by atoms with Gasteiger partial charge in [-0.05, 0) is 11.4 Å². The Bertz CT molecular complexity index is 653. The molecule has 15 heavy (non-hydrogen) atoms. The fourth-order valence-electron chi connectivity index (χ4n) is 1.30. The fraction of sp³-hybridized carbons (Fsp3) is 0. The maximum Gasteiger partial charge on any atom is 0.269 e. The number of thiophene rings is 1. The number of hydrogen-bond donors (Lipinski definition) is 2. The summed E-state index contributed by atoms with van der Waals surface area (Å²) in [5, 5.41) is 8.18. The normalized spacial score (nSPS) is 10.9. The molecule has 6 nitrogen and oxygen atoms in total. The number of nitrogens with one attached hydrogen (secondary N) is 2. The number of fused-ring (bicyclic) bond motifs is 1. The second-order valence-corrected chi connectivity index (χ2v) is 3.80. The Balaban J connectivity index is 2.34. The molecule has 0 aliphatic carbocycles. The van der Waals surface area contributed by atoms with E-state index in [-0.39, 0.29) is 5.56 Å². The van der Waals surface area contributed by atoms with Crippen molar-refractivity contribution in [3.63, 3.8) is 0 Å². The molecule has 0 saturated carbocycles. The lowest BCUT2D eigenvalue weighted by molar-refractivity contribution is 1.06. The Morgan fingerprint density at radius 2 is 2.27 bits per heavy atom. The Kier molecular flexibility index (Phi) is 1.65. The third-order valence-corrected chi connectivity index (χ3v) is 2.86. The van der Waals surface area contributed by atoms with E-state index in [9.17, 15) is 4.79 Å². The minimum atomic E-state index is -0.151. The highest BCUT2D eigenvalue weighted by Crippen LogP contribution is 2.16. The summed E-state index contributed by atoms with van der Waals surface area (Å²) >= 11 is 1.37. The lowest BCUT2D eigenvalue weighted by Gasteiger charge is -1.94. The molecule has 0 unspecified atom stereocenters. The Morgan fingerprint density at radius 3 is 3.07 bits per heavy atom. The smallest absolute Gasteiger partial charge is 0.269 e. The summed E-state index contributed by atoms with van der Waals surface area (Å²) in [4.78, 5) is 22.4. The van der Waals surface area contributed by atoms with Crippen LogP contribution in [0.15, 0.2) is 22.6 Å². The zero-order valence-corrected chi connectivity index (χ0v) is 8.21. The van der Waals surface area contributed by atoms with Gasteiger partial charge in [-0.1, -0.05) is 0 Å². The molecule has 0 saturated heterocycles. The molecule has 0 aliphatic rings. The van der Waals surface area contributed by atoms with Gasteiger partial charge in [-0.3, -0.25) is 9.89 Å². The molecule has 0 spiro atoms. The van der Waals surface area contributed by atoms with Crippen LogP contribution in [-0.2, 0) is 0 Å². The summed E-state index contributed by atoms with van der Waals surface area (Å²) < 4.78 is 0.623. The van der Waals surface area contributed by atoms with Crippen LogP contribution in [0.5, 0.6) is 0 Å². The first-order valence-corrected chi connectivity index (χ1v) is 5.06. The van der Waals surface area contributed by atoms with Crippen LogP contribution in [0.3, 0.4) is 0 Å². The molecule has 0 fully saturated rings. The first-order chi connectivity index (χ1) is 7.34. The molecule has 3 aromatic rings. The minimum Gasteiger partial charge on any atom is -0.303 e. The van der Waals surface area contributed by atoms with Gasteiger partial charge >= 0.3 is 0 Å². The van der Waals surface area contributed by atoms with Crippen LogP contribution in [0.2, 0.25) is 0 Å². The summed E-state index contributed by atoms with van der Waals surface area (Å²) in [5.41, 5.74) is 0.525. The van der Waals surface area contributed by atoms with Crippen LogP contribution in [0.25, 0.3) is 21.9 Å². The molecule has 74 valence electrons. The maximum absolute atomic E-state index is 11.6. The van der Waals surface area contributed by atoms with E-state index in [0.29, 0.717) is 21.9 Å². The van der Waals surface area contributed by atoms with Crippen molar-refractivity contribution in [3.8, 4) is 11.6 Å². The second-order valence-electron chi connectivity index (χ2n) is 2.88. The molecule has 0 radical (unpaired) electrons. The van der Waals surface area contributed by atoms with Gasteiger partial charge in [0.15, 0.2) is 11.6 Å². The van der Waals surface area contributed by atoms with E-state index in [4.69, 9.17) is 0 Å². The zero-order valence-electron chi connectivity index (χ0n) is 7.39. The quantitative estimate of drug-likeness (QED) is 0.632. The van der Waals surface area contributed by atoms with Crippen molar-refractivity contribution in [2.45, 2.75) is 0 Å². The number of H-pyrrole nitrogens is 2. The van der Waals surface area contributed by atoms with Crippen molar-refractivity contribution in [1.82, 2.24) is 25.1 Å². The van der Waals surface area contributed by atoms with Gasteiger partial charge in [-0.25, -0.2) is 9.97 Å². The van der Waals surface area contributed by atoms with Crippen LogP contribution in [0, 0.1) is 0 Å². The third-order valence-electron chi connectivity index (χ3n) is 1.95. The standard InChI is InChI=1S/C8H5N5OS/c14-8-5-4(1-2-15-5)11-7(12-8)6-9-3-10-13-6/h1-3H,(H,9,10,13)(H,11,12,14). The predicted octanol–water partition coefficient (Wildman–Crippen LogP) is 0.770. The van der Waals surface area contributed by atoms with E-state index in [1.165, 1.54) is 17.7 Å². The molecular formula is C8H5N5OS. The molecule has 0 atom stereocenters. The molecule has 0 aromatic carbocycles. The van der Waals surface area contributed by atoms with Gasteiger partial charge < -0.3 is 4.98 Å². The number of nitrogens with zero attached hydrogens (tertiary/aromatic N) is 3. The highest BCUT2D eigenvalue weighted by molar-refractivity contribution is 7.17. The van der Waals surface area contributed by atoms with Gasteiger partial charge in [-0.15, -0.1) is 11.3 Å². The molecule has 3 rings (SSSR count). The molecule has 0 amide bonds. The molecule has 7 heteroatoms. The number of rotatable bonds is 1. The molecule has 3 aromatic heterocycles. The van der Waals surface area contributed by atoms with E-state index in [1.807, 2.05) is 5.38 Å². The number of hydrogen-bond acceptors (Lipinski definition) is 5. The molecule has 3 heterocycles. The molecule has 0 bridgehead atoms.